The third-order valence-electron chi connectivity index (χ3n) is 1.57. The zero-order valence-corrected chi connectivity index (χ0v) is 16.5. The first kappa shape index (κ1) is 24.7. The maximum absolute atomic E-state index is 3.30. The van der Waals surface area contributed by atoms with E-state index in [-0.39, 0.29) is 98.1 Å². The summed E-state index contributed by atoms with van der Waals surface area (Å²) in [5, 5.41) is 0. The van der Waals surface area contributed by atoms with Gasteiger partial charge in [-0.3, -0.25) is 6.08 Å². The number of hydrogen-bond donors (Lipinski definition) is 0. The van der Waals surface area contributed by atoms with E-state index >= 15 is 0 Å². The van der Waals surface area contributed by atoms with Crippen molar-refractivity contribution in [3.05, 3.63) is 23.8 Å². The van der Waals surface area contributed by atoms with Crippen molar-refractivity contribution >= 4 is 0 Å². The van der Waals surface area contributed by atoms with Crippen LogP contribution < -0.4 is 71.9 Å². The smallest absolute Gasteiger partial charge is 1.00 e. The van der Waals surface area contributed by atoms with Crippen LogP contribution in [0.25, 0.3) is 0 Å². The molecule has 0 saturated carbocycles. The Morgan fingerprint density at radius 1 is 1.31 bits per heavy atom. The van der Waals surface area contributed by atoms with Crippen molar-refractivity contribution in [1.82, 2.24) is 0 Å². The summed E-state index contributed by atoms with van der Waals surface area (Å²) < 4.78 is 0. The number of allylic oxidation sites excluding steroid dienone is 4. The van der Waals surface area contributed by atoms with E-state index < -0.39 is 0 Å². The van der Waals surface area contributed by atoms with Gasteiger partial charge in [-0.1, -0.05) is 26.2 Å². The van der Waals surface area contributed by atoms with Gasteiger partial charge in [0.05, 0.1) is 0 Å². The van der Waals surface area contributed by atoms with Crippen LogP contribution in [0.15, 0.2) is 17.7 Å². The zero-order valence-electron chi connectivity index (χ0n) is 7.62. The molecule has 0 atom stereocenters. The van der Waals surface area contributed by atoms with Gasteiger partial charge in [-0.05, 0) is 0 Å². The molecule has 0 radical (unpaired) electrons. The molecule has 1 aliphatic rings. The van der Waals surface area contributed by atoms with E-state index in [0.717, 1.165) is 6.42 Å². The van der Waals surface area contributed by atoms with Crippen LogP contribution in [0.4, 0.5) is 0 Å². The van der Waals surface area contributed by atoms with Crippen molar-refractivity contribution in [3.63, 3.8) is 0 Å². The second-order valence-corrected chi connectivity index (χ2v) is 2.41. The minimum Gasteiger partial charge on any atom is -1.00 e. The first-order valence-electron chi connectivity index (χ1n) is 3.69. The van der Waals surface area contributed by atoms with Crippen LogP contribution >= 0.6 is 0 Å². The fourth-order valence-electron chi connectivity index (χ4n) is 0.989. The summed E-state index contributed by atoms with van der Waals surface area (Å²) in [5.74, 6) is 0. The van der Waals surface area contributed by atoms with Crippen LogP contribution in [0.5, 0.6) is 0 Å². The number of halogens is 3. The second-order valence-electron chi connectivity index (χ2n) is 2.41. The van der Waals surface area contributed by atoms with Gasteiger partial charge >= 0.3 is 26.2 Å². The summed E-state index contributed by atoms with van der Waals surface area (Å²) >= 11 is 0. The molecule has 1 aliphatic carbocycles. The molecule has 0 nitrogen and oxygen atoms in total. The summed E-state index contributed by atoms with van der Waals surface area (Å²) in [6.45, 7) is 2.22. The molecule has 0 aromatic heterocycles. The average Bonchev–Trinajstić information content (AvgIpc) is 2.34. The van der Waals surface area contributed by atoms with Gasteiger partial charge in [-0.25, -0.2) is 11.6 Å². The Balaban J connectivity index is -0.000000101. The molecule has 0 spiro atoms. The molecule has 0 fully saturated rings. The van der Waals surface area contributed by atoms with Crippen LogP contribution in [-0.2, 0) is 26.2 Å². The van der Waals surface area contributed by atoms with Crippen molar-refractivity contribution in [2.75, 3.05) is 0 Å². The van der Waals surface area contributed by atoms with Gasteiger partial charge in [0.1, 0.15) is 0 Å². The monoisotopic (exact) mass is 592 g/mol. The average molecular weight is 593 g/mol. The van der Waals surface area contributed by atoms with Gasteiger partial charge in [0.25, 0.3) is 0 Å². The molecule has 0 amide bonds. The van der Waals surface area contributed by atoms with Crippen LogP contribution in [-0.4, -0.2) is 0 Å². The van der Waals surface area contributed by atoms with E-state index in [4.69, 9.17) is 0 Å². The molecule has 0 N–H and O–H groups in total. The van der Waals surface area contributed by atoms with E-state index in [1.807, 2.05) is 0 Å². The fourth-order valence-corrected chi connectivity index (χ4v) is 0.989. The Labute approximate surface area is 152 Å². The SMILES string of the molecule is CCCCC1=[C-]CC=C1.[I-].[I-].[I-].[Zr+4]. The molecule has 0 aromatic rings. The predicted octanol–water partition coefficient (Wildman–Crippen LogP) is -6.12. The maximum Gasteiger partial charge on any atom is 4.00 e. The molecule has 13 heavy (non-hydrogen) atoms. The quantitative estimate of drug-likeness (QED) is 0.226. The molecule has 0 aromatic carbocycles. The summed E-state index contributed by atoms with van der Waals surface area (Å²) in [6, 6.07) is 0. The van der Waals surface area contributed by atoms with Crippen molar-refractivity contribution < 1.29 is 98.1 Å². The normalized spacial score (nSPS) is 11.3. The van der Waals surface area contributed by atoms with Crippen molar-refractivity contribution in [3.8, 4) is 0 Å². The van der Waals surface area contributed by atoms with Gasteiger partial charge in [-0.15, -0.1) is 6.42 Å². The minimum atomic E-state index is 0. The third-order valence-corrected chi connectivity index (χ3v) is 1.57. The third kappa shape index (κ3) is 12.5. The summed E-state index contributed by atoms with van der Waals surface area (Å²) in [4.78, 5) is 0. The van der Waals surface area contributed by atoms with Crippen LogP contribution in [0.3, 0.4) is 0 Å². The molecule has 0 heterocycles. The molecule has 1 rings (SSSR count). The van der Waals surface area contributed by atoms with Crippen molar-refractivity contribution in [2.24, 2.45) is 0 Å². The first-order chi connectivity index (χ1) is 4.43. The molecule has 74 valence electrons. The molecule has 0 saturated heterocycles. The Kier molecular flexibility index (Phi) is 32.2. The van der Waals surface area contributed by atoms with E-state index in [0.29, 0.717) is 0 Å². The van der Waals surface area contributed by atoms with Crippen LogP contribution in [0.2, 0.25) is 0 Å². The maximum atomic E-state index is 3.30. The zero-order chi connectivity index (χ0) is 6.53. The topological polar surface area (TPSA) is 0 Å². The fraction of sp³-hybridized carbons (Fsp3) is 0.556. The van der Waals surface area contributed by atoms with Crippen molar-refractivity contribution in [2.45, 2.75) is 32.6 Å². The van der Waals surface area contributed by atoms with Gasteiger partial charge in [0, 0.05) is 0 Å². The Hall–Kier alpha value is 2.55. The summed E-state index contributed by atoms with van der Waals surface area (Å²) in [6.07, 6.45) is 12.5. The molecular weight excluding hydrogens is 580 g/mol. The standard InChI is InChI=1S/C9H13.3HI.Zr/c1-2-3-6-9-7-4-5-8-9;;;;/h4,7H,2-3,5-6H2,1H3;3*1H;/q-1;;;;+4/p-3. The molecular formula is C9H13I3Zr. The van der Waals surface area contributed by atoms with E-state index in [1.54, 1.807) is 0 Å². The number of unbranched alkanes of at least 4 members (excludes halogenated alkanes) is 1. The minimum absolute atomic E-state index is 0. The first-order valence-corrected chi connectivity index (χ1v) is 3.69. The largest absolute Gasteiger partial charge is 4.00 e. The van der Waals surface area contributed by atoms with Crippen molar-refractivity contribution in [1.29, 1.82) is 0 Å². The Bertz CT molecular complexity index is 144. The predicted molar refractivity (Wildman–Crippen MR) is 40.0 cm³/mol. The van der Waals surface area contributed by atoms with Gasteiger partial charge in [0.15, 0.2) is 0 Å². The molecule has 0 unspecified atom stereocenters. The van der Waals surface area contributed by atoms with Gasteiger partial charge < -0.3 is 71.9 Å². The molecule has 4 heteroatoms. The van der Waals surface area contributed by atoms with Crippen LogP contribution in [0, 0.1) is 6.08 Å². The van der Waals surface area contributed by atoms with Gasteiger partial charge in [-0.2, -0.15) is 6.08 Å². The number of hydrogen-bond acceptors (Lipinski definition) is 0. The van der Waals surface area contributed by atoms with E-state index in [9.17, 15) is 0 Å². The van der Waals surface area contributed by atoms with E-state index in [1.165, 1.54) is 24.8 Å². The Morgan fingerprint density at radius 2 is 1.92 bits per heavy atom. The number of rotatable bonds is 3. The second kappa shape index (κ2) is 17.0. The Morgan fingerprint density at radius 3 is 2.31 bits per heavy atom. The summed E-state index contributed by atoms with van der Waals surface area (Å²) in [5.41, 5.74) is 1.41. The van der Waals surface area contributed by atoms with Crippen LogP contribution in [0.1, 0.15) is 32.6 Å². The van der Waals surface area contributed by atoms with E-state index in [2.05, 4.69) is 25.2 Å². The van der Waals surface area contributed by atoms with Gasteiger partial charge in [0.2, 0.25) is 0 Å². The molecule has 0 aliphatic heterocycles. The summed E-state index contributed by atoms with van der Waals surface area (Å²) in [7, 11) is 0. The molecule has 0 bridgehead atoms.